The molecular weight excluding hydrogens is 325 g/mol. The number of aryl methyl sites for hydroxylation is 1. The minimum Gasteiger partial charge on any atom is -0.441 e. The van der Waals surface area contributed by atoms with Crippen LogP contribution in [0.25, 0.3) is 11.5 Å². The van der Waals surface area contributed by atoms with Gasteiger partial charge in [0, 0.05) is 5.56 Å². The molecule has 0 amide bonds. The molecule has 2 atom stereocenters. The van der Waals surface area contributed by atoms with E-state index >= 15 is 0 Å². The number of halogens is 1. The average molecular weight is 347 g/mol. The molecule has 0 radical (unpaired) electrons. The molecule has 5 nitrogen and oxygen atoms in total. The largest absolute Gasteiger partial charge is 0.441 e. The topological polar surface area (TPSA) is 61.6 Å². The summed E-state index contributed by atoms with van der Waals surface area (Å²) >= 11 is 0. The first-order valence-corrected chi connectivity index (χ1v) is 8.55. The van der Waals surface area contributed by atoms with E-state index in [2.05, 4.69) is 4.98 Å². The molecule has 2 aromatic rings. The molecule has 1 heterocycles. The summed E-state index contributed by atoms with van der Waals surface area (Å²) in [5.74, 6) is 0.870. The maximum Gasteiger partial charge on any atom is 0.226 e. The quantitative estimate of drug-likeness (QED) is 0.712. The molecule has 0 saturated heterocycles. The van der Waals surface area contributed by atoms with Crippen LogP contribution in [0.1, 0.15) is 37.1 Å². The van der Waals surface area contributed by atoms with Gasteiger partial charge in [-0.15, -0.1) is 0 Å². The molecule has 0 N–H and O–H groups in total. The Morgan fingerprint density at radius 1 is 1.24 bits per heavy atom. The molecule has 0 spiro atoms. The molecule has 0 unspecified atom stereocenters. The summed E-state index contributed by atoms with van der Waals surface area (Å²) in [7, 11) is 0. The van der Waals surface area contributed by atoms with Gasteiger partial charge in [0.05, 0.1) is 18.8 Å². The third-order valence-corrected chi connectivity index (χ3v) is 4.42. The van der Waals surface area contributed by atoms with Crippen LogP contribution in [0.5, 0.6) is 0 Å². The van der Waals surface area contributed by atoms with E-state index in [1.807, 2.05) is 6.92 Å². The number of carbonyl (C=O) groups is 1. The predicted molar refractivity (Wildman–Crippen MR) is 89.5 cm³/mol. The van der Waals surface area contributed by atoms with Gasteiger partial charge in [-0.3, -0.25) is 0 Å². The Bertz CT molecular complexity index is 698. The molecule has 6 heteroatoms. The molecule has 1 fully saturated rings. The summed E-state index contributed by atoms with van der Waals surface area (Å²) < 4.78 is 30.2. The number of ether oxygens (including phenoxy) is 2. The van der Waals surface area contributed by atoms with Crippen molar-refractivity contribution < 1.29 is 23.1 Å². The number of nitrogens with zero attached hydrogens (tertiary/aromatic N) is 1. The Morgan fingerprint density at radius 3 is 2.68 bits per heavy atom. The third-order valence-electron chi connectivity index (χ3n) is 4.42. The standard InChI is InChI=1S/C19H22FNO4/c1-13-18(21-19(25-13)14-5-7-15(20)8-6-14)12-24-17-4-2-3-16(11-17)23-10-9-22/h5-9,16-17H,2-4,10-12H2,1H3/t16-,17+/m0/s1. The molecule has 25 heavy (non-hydrogen) atoms. The van der Waals surface area contributed by atoms with Gasteiger partial charge in [-0.2, -0.15) is 0 Å². The molecular formula is C19H22FNO4. The highest BCUT2D eigenvalue weighted by atomic mass is 19.1. The first-order chi connectivity index (χ1) is 12.2. The first-order valence-electron chi connectivity index (χ1n) is 8.55. The van der Waals surface area contributed by atoms with E-state index < -0.39 is 0 Å². The number of aldehydes is 1. The lowest BCUT2D eigenvalue weighted by atomic mass is 9.95. The van der Waals surface area contributed by atoms with Crippen molar-refractivity contribution in [3.05, 3.63) is 41.5 Å². The second kappa shape index (κ2) is 8.36. The second-order valence-electron chi connectivity index (χ2n) is 6.25. The molecule has 1 aliphatic carbocycles. The van der Waals surface area contributed by atoms with Crippen molar-refractivity contribution in [2.75, 3.05) is 6.61 Å². The van der Waals surface area contributed by atoms with E-state index in [9.17, 15) is 9.18 Å². The Labute approximate surface area is 146 Å². The zero-order valence-electron chi connectivity index (χ0n) is 14.2. The summed E-state index contributed by atoms with van der Waals surface area (Å²) in [4.78, 5) is 14.9. The Morgan fingerprint density at radius 2 is 1.96 bits per heavy atom. The molecule has 1 aromatic carbocycles. The van der Waals surface area contributed by atoms with Crippen molar-refractivity contribution in [2.24, 2.45) is 0 Å². The molecule has 0 bridgehead atoms. The lowest BCUT2D eigenvalue weighted by Crippen LogP contribution is -2.28. The summed E-state index contributed by atoms with van der Waals surface area (Å²) in [5.41, 5.74) is 1.48. The summed E-state index contributed by atoms with van der Waals surface area (Å²) in [6.45, 7) is 2.35. The van der Waals surface area contributed by atoms with Crippen molar-refractivity contribution in [1.29, 1.82) is 0 Å². The molecule has 1 saturated carbocycles. The van der Waals surface area contributed by atoms with E-state index in [1.54, 1.807) is 12.1 Å². The van der Waals surface area contributed by atoms with E-state index in [4.69, 9.17) is 13.9 Å². The Kier molecular flexibility index (Phi) is 5.94. The van der Waals surface area contributed by atoms with E-state index in [0.29, 0.717) is 18.3 Å². The van der Waals surface area contributed by atoms with E-state index in [0.717, 1.165) is 43.2 Å². The highest BCUT2D eigenvalue weighted by Gasteiger charge is 2.24. The number of carbonyl (C=O) groups excluding carboxylic acids is 1. The lowest BCUT2D eigenvalue weighted by molar-refractivity contribution is -0.116. The van der Waals surface area contributed by atoms with Crippen LogP contribution in [0.4, 0.5) is 4.39 Å². The summed E-state index contributed by atoms with van der Waals surface area (Å²) in [5, 5.41) is 0. The van der Waals surface area contributed by atoms with Gasteiger partial charge < -0.3 is 18.7 Å². The van der Waals surface area contributed by atoms with Crippen LogP contribution >= 0.6 is 0 Å². The van der Waals surface area contributed by atoms with Crippen LogP contribution < -0.4 is 0 Å². The Balaban J connectivity index is 1.58. The van der Waals surface area contributed by atoms with Gasteiger partial charge in [0.15, 0.2) is 0 Å². The Hall–Kier alpha value is -2.05. The summed E-state index contributed by atoms with van der Waals surface area (Å²) in [6.07, 6.45) is 4.70. The second-order valence-corrected chi connectivity index (χ2v) is 6.25. The zero-order chi connectivity index (χ0) is 17.6. The van der Waals surface area contributed by atoms with Gasteiger partial charge in [-0.25, -0.2) is 9.37 Å². The molecule has 1 aliphatic rings. The SMILES string of the molecule is Cc1oc(-c2ccc(F)cc2)nc1CO[C@@H]1CCC[C@H](OCC=O)C1. The fourth-order valence-electron chi connectivity index (χ4n) is 3.05. The van der Waals surface area contributed by atoms with Crippen LogP contribution in [0.3, 0.4) is 0 Å². The predicted octanol–water partition coefficient (Wildman–Crippen LogP) is 3.83. The minimum absolute atomic E-state index is 0.0807. The van der Waals surface area contributed by atoms with Crippen LogP contribution in [0, 0.1) is 12.7 Å². The van der Waals surface area contributed by atoms with Crippen molar-refractivity contribution in [3.8, 4) is 11.5 Å². The number of hydrogen-bond donors (Lipinski definition) is 0. The highest BCUT2D eigenvalue weighted by Crippen LogP contribution is 2.26. The van der Waals surface area contributed by atoms with Gasteiger partial charge in [-0.05, 0) is 56.9 Å². The van der Waals surface area contributed by atoms with Crippen molar-refractivity contribution in [2.45, 2.75) is 51.4 Å². The number of rotatable bonds is 7. The van der Waals surface area contributed by atoms with Gasteiger partial charge in [0.25, 0.3) is 0 Å². The molecule has 1 aromatic heterocycles. The van der Waals surface area contributed by atoms with Crippen molar-refractivity contribution in [3.63, 3.8) is 0 Å². The fourth-order valence-corrected chi connectivity index (χ4v) is 3.05. The number of oxazole rings is 1. The van der Waals surface area contributed by atoms with Gasteiger partial charge in [0.1, 0.15) is 30.2 Å². The third kappa shape index (κ3) is 4.74. The van der Waals surface area contributed by atoms with Gasteiger partial charge in [-0.1, -0.05) is 0 Å². The van der Waals surface area contributed by atoms with Gasteiger partial charge in [0.2, 0.25) is 5.89 Å². The number of benzene rings is 1. The van der Waals surface area contributed by atoms with E-state index in [1.165, 1.54) is 12.1 Å². The monoisotopic (exact) mass is 347 g/mol. The maximum atomic E-state index is 13.0. The van der Waals surface area contributed by atoms with Gasteiger partial charge >= 0.3 is 0 Å². The minimum atomic E-state index is -0.292. The fraction of sp³-hybridized carbons (Fsp3) is 0.474. The molecule has 0 aliphatic heterocycles. The van der Waals surface area contributed by atoms with Crippen molar-refractivity contribution in [1.82, 2.24) is 4.98 Å². The smallest absolute Gasteiger partial charge is 0.226 e. The zero-order valence-corrected chi connectivity index (χ0v) is 14.2. The first kappa shape index (κ1) is 17.8. The highest BCUT2D eigenvalue weighted by molar-refractivity contribution is 5.53. The van der Waals surface area contributed by atoms with Crippen LogP contribution in [0.15, 0.2) is 28.7 Å². The number of hydrogen-bond acceptors (Lipinski definition) is 5. The van der Waals surface area contributed by atoms with E-state index in [-0.39, 0.29) is 24.6 Å². The van der Waals surface area contributed by atoms with Crippen LogP contribution in [-0.4, -0.2) is 30.1 Å². The average Bonchev–Trinajstić information content (AvgIpc) is 3.00. The lowest BCUT2D eigenvalue weighted by Gasteiger charge is -2.28. The summed E-state index contributed by atoms with van der Waals surface area (Å²) in [6, 6.07) is 6.04. The maximum absolute atomic E-state index is 13.0. The van der Waals surface area contributed by atoms with Crippen molar-refractivity contribution >= 4 is 6.29 Å². The normalized spacial score (nSPS) is 20.6. The molecule has 134 valence electrons. The van der Waals surface area contributed by atoms with Crippen LogP contribution in [0.2, 0.25) is 0 Å². The molecule has 3 rings (SSSR count). The number of aromatic nitrogens is 1. The van der Waals surface area contributed by atoms with Crippen LogP contribution in [-0.2, 0) is 20.9 Å².